The third kappa shape index (κ3) is 1.97. The molecule has 2 amide bonds. The van der Waals surface area contributed by atoms with Crippen molar-refractivity contribution in [2.24, 2.45) is 0 Å². The fourth-order valence-corrected chi connectivity index (χ4v) is 1.07. The van der Waals surface area contributed by atoms with Crippen LogP contribution in [0.25, 0.3) is 0 Å². The summed E-state index contributed by atoms with van der Waals surface area (Å²) >= 11 is 0. The number of hydrogen-bond donors (Lipinski definition) is 1. The Morgan fingerprint density at radius 3 is 2.82 bits per heavy atom. The molecule has 3 heteroatoms. The molecule has 0 aliphatic heterocycles. The van der Waals surface area contributed by atoms with Crippen LogP contribution in [0.1, 0.15) is 12.8 Å². The van der Waals surface area contributed by atoms with Crippen LogP contribution < -0.4 is 5.32 Å². The first-order valence-corrected chi connectivity index (χ1v) is 3.89. The van der Waals surface area contributed by atoms with E-state index in [-0.39, 0.29) is 6.03 Å². The van der Waals surface area contributed by atoms with Crippen molar-refractivity contribution in [1.82, 2.24) is 10.2 Å². The van der Waals surface area contributed by atoms with Gasteiger partial charge in [0.15, 0.2) is 0 Å². The van der Waals surface area contributed by atoms with Crippen LogP contribution in [0.3, 0.4) is 0 Å². The summed E-state index contributed by atoms with van der Waals surface area (Å²) in [6.07, 6.45) is 4.04. The zero-order valence-corrected chi connectivity index (χ0v) is 6.84. The summed E-state index contributed by atoms with van der Waals surface area (Å²) in [5.74, 6) is 0. The summed E-state index contributed by atoms with van der Waals surface area (Å²) < 4.78 is 0. The fraction of sp³-hybridized carbons (Fsp3) is 0.625. The third-order valence-electron chi connectivity index (χ3n) is 1.79. The monoisotopic (exact) mass is 154 g/mol. The number of urea groups is 1. The van der Waals surface area contributed by atoms with Gasteiger partial charge in [0, 0.05) is 19.6 Å². The predicted molar refractivity (Wildman–Crippen MR) is 44.4 cm³/mol. The zero-order chi connectivity index (χ0) is 8.27. The van der Waals surface area contributed by atoms with Gasteiger partial charge in [0.2, 0.25) is 0 Å². The Morgan fingerprint density at radius 2 is 2.45 bits per heavy atom. The summed E-state index contributed by atoms with van der Waals surface area (Å²) in [5.41, 5.74) is 0. The molecule has 1 aliphatic carbocycles. The molecule has 0 aromatic heterocycles. The largest absolute Gasteiger partial charge is 0.341 e. The minimum Gasteiger partial charge on any atom is -0.341 e. The van der Waals surface area contributed by atoms with Crippen LogP contribution in [0, 0.1) is 0 Å². The van der Waals surface area contributed by atoms with E-state index in [0.717, 1.165) is 12.8 Å². The lowest BCUT2D eigenvalue weighted by molar-refractivity contribution is 0.203. The lowest BCUT2D eigenvalue weighted by Crippen LogP contribution is -2.39. The van der Waals surface area contributed by atoms with Gasteiger partial charge in [-0.15, -0.1) is 6.58 Å². The van der Waals surface area contributed by atoms with Crippen molar-refractivity contribution in [1.29, 1.82) is 0 Å². The van der Waals surface area contributed by atoms with Gasteiger partial charge in [0.1, 0.15) is 0 Å². The van der Waals surface area contributed by atoms with Gasteiger partial charge in [0.25, 0.3) is 0 Å². The highest BCUT2D eigenvalue weighted by atomic mass is 16.2. The van der Waals surface area contributed by atoms with E-state index in [1.165, 1.54) is 0 Å². The molecular weight excluding hydrogens is 140 g/mol. The molecule has 0 aromatic rings. The highest BCUT2D eigenvalue weighted by molar-refractivity contribution is 5.74. The normalized spacial score (nSPS) is 15.7. The minimum absolute atomic E-state index is 0.00685. The Balaban J connectivity index is 2.43. The second-order valence-corrected chi connectivity index (χ2v) is 2.73. The first kappa shape index (κ1) is 8.11. The molecule has 11 heavy (non-hydrogen) atoms. The maximum absolute atomic E-state index is 11.2. The molecule has 0 heterocycles. The third-order valence-corrected chi connectivity index (χ3v) is 1.79. The highest BCUT2D eigenvalue weighted by Crippen LogP contribution is 2.26. The van der Waals surface area contributed by atoms with Crippen LogP contribution in [0.2, 0.25) is 0 Å². The molecule has 0 bridgehead atoms. The predicted octanol–water partition coefficient (Wildman–Crippen LogP) is 0.976. The van der Waals surface area contributed by atoms with Crippen LogP contribution in [-0.4, -0.2) is 30.6 Å². The quantitative estimate of drug-likeness (QED) is 0.604. The lowest BCUT2D eigenvalue weighted by atomic mass is 10.5. The maximum Gasteiger partial charge on any atom is 0.317 e. The summed E-state index contributed by atoms with van der Waals surface area (Å²) in [6.45, 7) is 4.26. The van der Waals surface area contributed by atoms with E-state index in [9.17, 15) is 4.79 Å². The number of nitrogens with zero attached hydrogens (tertiary/aromatic N) is 1. The van der Waals surface area contributed by atoms with E-state index < -0.39 is 0 Å². The van der Waals surface area contributed by atoms with Gasteiger partial charge < -0.3 is 10.2 Å². The molecule has 0 unspecified atom stereocenters. The molecule has 1 saturated carbocycles. The molecule has 0 aromatic carbocycles. The molecule has 3 nitrogen and oxygen atoms in total. The van der Waals surface area contributed by atoms with Gasteiger partial charge in [0.05, 0.1) is 0 Å². The topological polar surface area (TPSA) is 32.3 Å². The van der Waals surface area contributed by atoms with E-state index in [1.807, 2.05) is 4.90 Å². The Labute approximate surface area is 67.1 Å². The van der Waals surface area contributed by atoms with Gasteiger partial charge in [-0.05, 0) is 12.8 Å². The number of nitrogens with one attached hydrogen (secondary N) is 1. The summed E-state index contributed by atoms with van der Waals surface area (Å²) in [7, 11) is 1.65. The van der Waals surface area contributed by atoms with Crippen LogP contribution in [0.4, 0.5) is 4.79 Å². The minimum atomic E-state index is 0.00685. The molecule has 0 spiro atoms. The molecule has 0 radical (unpaired) electrons. The first-order chi connectivity index (χ1) is 5.29. The number of rotatable bonds is 3. The van der Waals surface area contributed by atoms with Crippen LogP contribution >= 0.6 is 0 Å². The molecular formula is C8H14N2O. The van der Waals surface area contributed by atoms with E-state index >= 15 is 0 Å². The molecule has 1 N–H and O–H groups in total. The van der Waals surface area contributed by atoms with Crippen LogP contribution in [0.15, 0.2) is 12.7 Å². The average molecular weight is 154 g/mol. The Bertz CT molecular complexity index is 163. The van der Waals surface area contributed by atoms with E-state index in [2.05, 4.69) is 11.9 Å². The lowest BCUT2D eigenvalue weighted by Gasteiger charge is -2.19. The zero-order valence-electron chi connectivity index (χ0n) is 6.84. The molecule has 0 atom stereocenters. The molecule has 62 valence electrons. The van der Waals surface area contributed by atoms with Crippen LogP contribution in [-0.2, 0) is 0 Å². The van der Waals surface area contributed by atoms with Crippen molar-refractivity contribution in [2.45, 2.75) is 18.9 Å². The Hall–Kier alpha value is -0.990. The van der Waals surface area contributed by atoms with Crippen molar-refractivity contribution in [3.63, 3.8) is 0 Å². The second-order valence-electron chi connectivity index (χ2n) is 2.73. The second kappa shape index (κ2) is 3.42. The Morgan fingerprint density at radius 1 is 1.82 bits per heavy atom. The molecule has 1 fully saturated rings. The van der Waals surface area contributed by atoms with Gasteiger partial charge >= 0.3 is 6.03 Å². The number of carbonyl (C=O) groups excluding carboxylic acids is 1. The highest BCUT2D eigenvalue weighted by Gasteiger charge is 2.30. The van der Waals surface area contributed by atoms with Crippen LogP contribution in [0.5, 0.6) is 0 Å². The molecule has 1 rings (SSSR count). The number of carbonyl (C=O) groups is 1. The smallest absolute Gasteiger partial charge is 0.317 e. The molecule has 0 saturated heterocycles. The van der Waals surface area contributed by atoms with Crippen molar-refractivity contribution < 1.29 is 4.79 Å². The van der Waals surface area contributed by atoms with E-state index in [0.29, 0.717) is 12.6 Å². The van der Waals surface area contributed by atoms with Crippen molar-refractivity contribution in [3.8, 4) is 0 Å². The SMILES string of the molecule is C=CCN(C(=O)NC)C1CC1. The maximum atomic E-state index is 11.2. The first-order valence-electron chi connectivity index (χ1n) is 3.89. The number of amides is 2. The van der Waals surface area contributed by atoms with E-state index in [4.69, 9.17) is 0 Å². The molecule has 1 aliphatic rings. The van der Waals surface area contributed by atoms with Crippen molar-refractivity contribution >= 4 is 6.03 Å². The van der Waals surface area contributed by atoms with Gasteiger partial charge in [-0.1, -0.05) is 6.08 Å². The van der Waals surface area contributed by atoms with Crippen molar-refractivity contribution in [3.05, 3.63) is 12.7 Å². The Kier molecular flexibility index (Phi) is 2.52. The number of hydrogen-bond acceptors (Lipinski definition) is 1. The van der Waals surface area contributed by atoms with Gasteiger partial charge in [-0.25, -0.2) is 4.79 Å². The summed E-state index contributed by atoms with van der Waals surface area (Å²) in [5, 5.41) is 2.61. The average Bonchev–Trinajstić information content (AvgIpc) is 2.81. The van der Waals surface area contributed by atoms with Gasteiger partial charge in [-0.2, -0.15) is 0 Å². The van der Waals surface area contributed by atoms with Crippen molar-refractivity contribution in [2.75, 3.05) is 13.6 Å². The summed E-state index contributed by atoms with van der Waals surface area (Å²) in [6, 6.07) is 0.473. The van der Waals surface area contributed by atoms with Gasteiger partial charge in [-0.3, -0.25) is 0 Å². The summed E-state index contributed by atoms with van der Waals surface area (Å²) in [4.78, 5) is 13.0. The standard InChI is InChI=1S/C8H14N2O/c1-3-6-10(7-4-5-7)8(11)9-2/h3,7H,1,4-6H2,2H3,(H,9,11). The van der Waals surface area contributed by atoms with E-state index in [1.54, 1.807) is 13.1 Å². The fourth-order valence-electron chi connectivity index (χ4n) is 1.07.